The van der Waals surface area contributed by atoms with Gasteiger partial charge in [-0.15, -0.1) is 0 Å². The van der Waals surface area contributed by atoms with Gasteiger partial charge in [-0.05, 0) is 31.0 Å². The molecule has 1 N–H and O–H groups in total. The maximum atomic E-state index is 5.61. The monoisotopic (exact) mass is 269 g/mol. The van der Waals surface area contributed by atoms with Crippen LogP contribution in [0.2, 0.25) is 0 Å². The molecule has 1 saturated heterocycles. The second-order valence-corrected chi connectivity index (χ2v) is 5.00. The van der Waals surface area contributed by atoms with E-state index in [-0.39, 0.29) is 0 Å². The second kappa shape index (κ2) is 5.10. The number of halogens is 1. The van der Waals surface area contributed by atoms with Gasteiger partial charge in [-0.3, -0.25) is 0 Å². The summed E-state index contributed by atoms with van der Waals surface area (Å²) in [5.74, 6) is 0. The van der Waals surface area contributed by atoms with Gasteiger partial charge in [0.05, 0.1) is 12.7 Å². The zero-order chi connectivity index (χ0) is 10.7. The number of hydrogen-bond acceptors (Lipinski definition) is 2. The van der Waals surface area contributed by atoms with Gasteiger partial charge in [-0.25, -0.2) is 0 Å². The summed E-state index contributed by atoms with van der Waals surface area (Å²) in [4.78, 5) is 0. The zero-order valence-electron chi connectivity index (χ0n) is 8.87. The minimum Gasteiger partial charge on any atom is -0.376 e. The van der Waals surface area contributed by atoms with Gasteiger partial charge < -0.3 is 10.1 Å². The SMILES string of the molecule is C[C@H]1CN[C@@H](Cc2ccc(Br)cc2)CO1. The molecule has 0 aliphatic carbocycles. The first-order valence-corrected chi connectivity index (χ1v) is 6.13. The average Bonchev–Trinajstić information content (AvgIpc) is 2.25. The Kier molecular flexibility index (Phi) is 3.78. The van der Waals surface area contributed by atoms with Gasteiger partial charge in [0.15, 0.2) is 0 Å². The third kappa shape index (κ3) is 3.30. The Hall–Kier alpha value is -0.380. The lowest BCUT2D eigenvalue weighted by molar-refractivity contribution is 0.0155. The average molecular weight is 270 g/mol. The van der Waals surface area contributed by atoms with Crippen molar-refractivity contribution in [1.82, 2.24) is 5.32 Å². The van der Waals surface area contributed by atoms with Gasteiger partial charge in [0, 0.05) is 17.1 Å². The van der Waals surface area contributed by atoms with Crippen LogP contribution in [0.5, 0.6) is 0 Å². The minimum atomic E-state index is 0.353. The first kappa shape index (κ1) is 11.1. The van der Waals surface area contributed by atoms with Gasteiger partial charge in [0.1, 0.15) is 0 Å². The normalized spacial score (nSPS) is 26.5. The molecule has 0 saturated carbocycles. The van der Waals surface area contributed by atoms with E-state index in [9.17, 15) is 0 Å². The van der Waals surface area contributed by atoms with Crippen LogP contribution in [0.25, 0.3) is 0 Å². The molecule has 2 atom stereocenters. The number of hydrogen-bond donors (Lipinski definition) is 1. The highest BCUT2D eigenvalue weighted by Crippen LogP contribution is 2.13. The first-order valence-electron chi connectivity index (χ1n) is 5.33. The molecule has 0 aromatic heterocycles. The van der Waals surface area contributed by atoms with Crippen LogP contribution >= 0.6 is 15.9 Å². The minimum absolute atomic E-state index is 0.353. The molecule has 15 heavy (non-hydrogen) atoms. The summed E-state index contributed by atoms with van der Waals surface area (Å²) in [6.07, 6.45) is 1.39. The zero-order valence-corrected chi connectivity index (χ0v) is 10.5. The first-order chi connectivity index (χ1) is 7.24. The van der Waals surface area contributed by atoms with Gasteiger partial charge in [0.25, 0.3) is 0 Å². The van der Waals surface area contributed by atoms with E-state index in [0.717, 1.165) is 24.0 Å². The van der Waals surface area contributed by atoms with E-state index in [1.807, 2.05) is 0 Å². The van der Waals surface area contributed by atoms with Crippen molar-refractivity contribution in [2.45, 2.75) is 25.5 Å². The number of nitrogens with one attached hydrogen (secondary N) is 1. The smallest absolute Gasteiger partial charge is 0.0672 e. The Morgan fingerprint density at radius 3 is 2.73 bits per heavy atom. The van der Waals surface area contributed by atoms with Crippen molar-refractivity contribution in [2.75, 3.05) is 13.2 Å². The summed E-state index contributed by atoms with van der Waals surface area (Å²) < 4.78 is 6.75. The number of ether oxygens (including phenoxy) is 1. The maximum absolute atomic E-state index is 5.61. The molecular formula is C12H16BrNO. The van der Waals surface area contributed by atoms with Gasteiger partial charge in [-0.2, -0.15) is 0 Å². The van der Waals surface area contributed by atoms with Gasteiger partial charge in [-0.1, -0.05) is 28.1 Å². The van der Waals surface area contributed by atoms with Crippen LogP contribution < -0.4 is 5.32 Å². The Bertz CT molecular complexity index is 304. The van der Waals surface area contributed by atoms with E-state index in [0.29, 0.717) is 12.1 Å². The highest BCUT2D eigenvalue weighted by Gasteiger charge is 2.17. The summed E-state index contributed by atoms with van der Waals surface area (Å²) in [5, 5.41) is 3.50. The van der Waals surface area contributed by atoms with E-state index < -0.39 is 0 Å². The van der Waals surface area contributed by atoms with Gasteiger partial charge >= 0.3 is 0 Å². The van der Waals surface area contributed by atoms with Crippen molar-refractivity contribution in [3.8, 4) is 0 Å². The molecule has 1 fully saturated rings. The van der Waals surface area contributed by atoms with E-state index in [2.05, 4.69) is 52.4 Å². The Labute approximate surface area is 99.1 Å². The van der Waals surface area contributed by atoms with E-state index in [1.54, 1.807) is 0 Å². The number of morpholine rings is 1. The highest BCUT2D eigenvalue weighted by molar-refractivity contribution is 9.10. The maximum Gasteiger partial charge on any atom is 0.0672 e. The van der Waals surface area contributed by atoms with Crippen LogP contribution in [0.15, 0.2) is 28.7 Å². The summed E-state index contributed by atoms with van der Waals surface area (Å²) in [6.45, 7) is 3.88. The summed E-state index contributed by atoms with van der Waals surface area (Å²) in [7, 11) is 0. The standard InChI is InChI=1S/C12H16BrNO/c1-9-7-14-12(8-15-9)6-10-2-4-11(13)5-3-10/h2-5,9,12,14H,6-8H2,1H3/t9-,12-/m0/s1. The lowest BCUT2D eigenvalue weighted by atomic mass is 10.1. The second-order valence-electron chi connectivity index (χ2n) is 4.08. The summed E-state index contributed by atoms with van der Waals surface area (Å²) >= 11 is 3.44. The fraction of sp³-hybridized carbons (Fsp3) is 0.500. The van der Waals surface area contributed by atoms with Crippen molar-refractivity contribution in [3.05, 3.63) is 34.3 Å². The fourth-order valence-electron chi connectivity index (χ4n) is 1.77. The van der Waals surface area contributed by atoms with Crippen molar-refractivity contribution in [1.29, 1.82) is 0 Å². The molecule has 1 aliphatic rings. The Morgan fingerprint density at radius 1 is 1.40 bits per heavy atom. The molecule has 0 amide bonds. The fourth-order valence-corrected chi connectivity index (χ4v) is 2.03. The van der Waals surface area contributed by atoms with Crippen LogP contribution in [0.4, 0.5) is 0 Å². The quantitative estimate of drug-likeness (QED) is 0.890. The van der Waals surface area contributed by atoms with Crippen molar-refractivity contribution < 1.29 is 4.74 Å². The molecule has 0 bridgehead atoms. The molecule has 82 valence electrons. The molecule has 1 heterocycles. The Morgan fingerprint density at radius 2 is 2.13 bits per heavy atom. The highest BCUT2D eigenvalue weighted by atomic mass is 79.9. The molecule has 1 aromatic carbocycles. The van der Waals surface area contributed by atoms with Crippen molar-refractivity contribution in [3.63, 3.8) is 0 Å². The van der Waals surface area contributed by atoms with Crippen LogP contribution in [0.1, 0.15) is 12.5 Å². The number of rotatable bonds is 2. The van der Waals surface area contributed by atoms with Crippen molar-refractivity contribution >= 4 is 15.9 Å². The lowest BCUT2D eigenvalue weighted by Crippen LogP contribution is -2.46. The molecule has 0 unspecified atom stereocenters. The predicted octanol–water partition coefficient (Wildman–Crippen LogP) is 2.37. The molecule has 0 spiro atoms. The van der Waals surface area contributed by atoms with Crippen LogP contribution in [-0.4, -0.2) is 25.3 Å². The molecule has 2 rings (SSSR count). The van der Waals surface area contributed by atoms with E-state index in [1.165, 1.54) is 5.56 Å². The number of benzene rings is 1. The molecular weight excluding hydrogens is 254 g/mol. The Balaban J connectivity index is 1.89. The van der Waals surface area contributed by atoms with E-state index >= 15 is 0 Å². The molecule has 3 heteroatoms. The van der Waals surface area contributed by atoms with Crippen LogP contribution in [0, 0.1) is 0 Å². The third-order valence-electron chi connectivity index (χ3n) is 2.67. The van der Waals surface area contributed by atoms with Gasteiger partial charge in [0.2, 0.25) is 0 Å². The molecule has 1 aromatic rings. The lowest BCUT2D eigenvalue weighted by Gasteiger charge is -2.28. The molecule has 0 radical (unpaired) electrons. The largest absolute Gasteiger partial charge is 0.376 e. The van der Waals surface area contributed by atoms with Crippen LogP contribution in [0.3, 0.4) is 0 Å². The van der Waals surface area contributed by atoms with E-state index in [4.69, 9.17) is 4.74 Å². The third-order valence-corrected chi connectivity index (χ3v) is 3.20. The predicted molar refractivity (Wildman–Crippen MR) is 65.1 cm³/mol. The summed E-state index contributed by atoms with van der Waals surface area (Å²) in [6, 6.07) is 8.94. The summed E-state index contributed by atoms with van der Waals surface area (Å²) in [5.41, 5.74) is 1.36. The molecule has 1 aliphatic heterocycles. The molecule has 2 nitrogen and oxygen atoms in total. The topological polar surface area (TPSA) is 21.3 Å². The van der Waals surface area contributed by atoms with Crippen LogP contribution in [-0.2, 0) is 11.2 Å². The van der Waals surface area contributed by atoms with Crippen molar-refractivity contribution in [2.24, 2.45) is 0 Å².